The largest absolute Gasteiger partial charge is 0.370 e. The van der Waals surface area contributed by atoms with Crippen LogP contribution >= 0.6 is 24.0 Å². The Kier molecular flexibility index (Phi) is 8.25. The molecule has 0 radical (unpaired) electrons. The van der Waals surface area contributed by atoms with Crippen molar-refractivity contribution in [2.45, 2.75) is 38.9 Å². The van der Waals surface area contributed by atoms with Crippen LogP contribution in [-0.4, -0.2) is 48.6 Å². The summed E-state index contributed by atoms with van der Waals surface area (Å²) in [6.07, 6.45) is 0.995. The number of carbonyl (C=O) groups is 1. The van der Waals surface area contributed by atoms with Crippen molar-refractivity contribution in [3.8, 4) is 0 Å². The summed E-state index contributed by atoms with van der Waals surface area (Å²) in [7, 11) is 0. The van der Waals surface area contributed by atoms with Gasteiger partial charge in [-0.15, -0.1) is 24.0 Å². The first-order chi connectivity index (χ1) is 8.08. The lowest BCUT2D eigenvalue weighted by molar-refractivity contribution is -0.128. The van der Waals surface area contributed by atoms with Gasteiger partial charge in [-0.2, -0.15) is 0 Å². The monoisotopic (exact) mass is 370 g/mol. The lowest BCUT2D eigenvalue weighted by Gasteiger charge is -2.20. The van der Waals surface area contributed by atoms with Crippen LogP contribution in [0.1, 0.15) is 26.7 Å². The van der Waals surface area contributed by atoms with Gasteiger partial charge < -0.3 is 21.1 Å². The SMILES string of the molecule is CCN(CC)C(N)=NCC1CCC(C(N)=O)O1.I. The molecule has 0 bridgehead atoms. The van der Waals surface area contributed by atoms with Crippen molar-refractivity contribution in [3.63, 3.8) is 0 Å². The summed E-state index contributed by atoms with van der Waals surface area (Å²) in [5.41, 5.74) is 11.0. The molecule has 6 nitrogen and oxygen atoms in total. The molecule has 2 unspecified atom stereocenters. The molecule has 106 valence electrons. The molecule has 4 N–H and O–H groups in total. The number of hydrogen-bond acceptors (Lipinski definition) is 3. The Hall–Kier alpha value is -0.570. The standard InChI is InChI=1S/C11H22N4O2.HI/c1-3-15(4-2)11(13)14-7-8-5-6-9(17-8)10(12)16;/h8-9H,3-7H2,1-2H3,(H2,12,16)(H2,13,14);1H. The molecule has 0 aromatic rings. The fourth-order valence-corrected chi connectivity index (χ4v) is 1.89. The normalized spacial score (nSPS) is 23.6. The molecule has 18 heavy (non-hydrogen) atoms. The number of aliphatic imine (C=N–C) groups is 1. The molecule has 1 fully saturated rings. The van der Waals surface area contributed by atoms with Gasteiger partial charge in [0.05, 0.1) is 12.6 Å². The van der Waals surface area contributed by atoms with Crippen LogP contribution in [0.3, 0.4) is 0 Å². The van der Waals surface area contributed by atoms with E-state index in [4.69, 9.17) is 16.2 Å². The van der Waals surface area contributed by atoms with E-state index < -0.39 is 12.0 Å². The Morgan fingerprint density at radius 1 is 1.33 bits per heavy atom. The Morgan fingerprint density at radius 3 is 2.39 bits per heavy atom. The van der Waals surface area contributed by atoms with Gasteiger partial charge in [0.2, 0.25) is 5.91 Å². The van der Waals surface area contributed by atoms with Gasteiger partial charge >= 0.3 is 0 Å². The number of halogens is 1. The predicted molar refractivity (Wildman–Crippen MR) is 81.9 cm³/mol. The summed E-state index contributed by atoms with van der Waals surface area (Å²) >= 11 is 0. The minimum absolute atomic E-state index is 0. The Morgan fingerprint density at radius 2 is 1.94 bits per heavy atom. The number of nitrogens with two attached hydrogens (primary N) is 2. The topological polar surface area (TPSA) is 93.9 Å². The van der Waals surface area contributed by atoms with Crippen LogP contribution in [0.4, 0.5) is 0 Å². The maximum absolute atomic E-state index is 10.9. The summed E-state index contributed by atoms with van der Waals surface area (Å²) in [5, 5.41) is 0. The molecular weight excluding hydrogens is 347 g/mol. The first kappa shape index (κ1) is 17.4. The second kappa shape index (κ2) is 8.52. The molecule has 1 amide bonds. The molecule has 1 saturated heterocycles. The number of guanidine groups is 1. The maximum Gasteiger partial charge on any atom is 0.246 e. The molecule has 1 aliphatic heterocycles. The number of amides is 1. The predicted octanol–water partition coefficient (Wildman–Crippen LogP) is 0.294. The van der Waals surface area contributed by atoms with Crippen LogP contribution in [0, 0.1) is 0 Å². The highest BCUT2D eigenvalue weighted by Crippen LogP contribution is 2.19. The highest BCUT2D eigenvalue weighted by Gasteiger charge is 2.28. The van der Waals surface area contributed by atoms with Crippen molar-refractivity contribution in [1.82, 2.24) is 4.90 Å². The summed E-state index contributed by atoms with van der Waals surface area (Å²) in [4.78, 5) is 17.2. The van der Waals surface area contributed by atoms with Gasteiger partial charge in [-0.1, -0.05) is 0 Å². The Labute approximate surface area is 125 Å². The minimum atomic E-state index is -0.454. The van der Waals surface area contributed by atoms with Crippen LogP contribution in [-0.2, 0) is 9.53 Å². The van der Waals surface area contributed by atoms with E-state index in [9.17, 15) is 4.79 Å². The van der Waals surface area contributed by atoms with E-state index in [1.165, 1.54) is 0 Å². The molecule has 2 atom stereocenters. The summed E-state index contributed by atoms with van der Waals surface area (Å²) < 4.78 is 5.46. The average Bonchev–Trinajstić information content (AvgIpc) is 2.76. The summed E-state index contributed by atoms with van der Waals surface area (Å²) in [6, 6.07) is 0. The quantitative estimate of drug-likeness (QED) is 0.413. The van der Waals surface area contributed by atoms with Crippen molar-refractivity contribution in [2.75, 3.05) is 19.6 Å². The van der Waals surface area contributed by atoms with Crippen LogP contribution < -0.4 is 11.5 Å². The van der Waals surface area contributed by atoms with Crippen LogP contribution in [0.2, 0.25) is 0 Å². The number of rotatable bonds is 5. The fraction of sp³-hybridized carbons (Fsp3) is 0.818. The third kappa shape index (κ3) is 4.97. The molecule has 1 rings (SSSR count). The van der Waals surface area contributed by atoms with Gasteiger partial charge in [-0.3, -0.25) is 9.79 Å². The number of hydrogen-bond donors (Lipinski definition) is 2. The number of carbonyl (C=O) groups excluding carboxylic acids is 1. The third-order valence-electron chi connectivity index (χ3n) is 2.97. The summed E-state index contributed by atoms with van der Waals surface area (Å²) in [6.45, 7) is 6.22. The second-order valence-corrected chi connectivity index (χ2v) is 4.10. The van der Waals surface area contributed by atoms with E-state index in [0.717, 1.165) is 19.5 Å². The van der Waals surface area contributed by atoms with E-state index in [0.29, 0.717) is 18.9 Å². The van der Waals surface area contributed by atoms with Crippen molar-refractivity contribution >= 4 is 35.8 Å². The number of primary amides is 1. The first-order valence-corrected chi connectivity index (χ1v) is 6.08. The van der Waals surface area contributed by atoms with Gasteiger partial charge in [0.25, 0.3) is 0 Å². The molecular formula is C11H23IN4O2. The molecule has 1 heterocycles. The van der Waals surface area contributed by atoms with E-state index in [1.807, 2.05) is 18.7 Å². The average molecular weight is 370 g/mol. The molecule has 1 aliphatic rings. The van der Waals surface area contributed by atoms with E-state index in [1.54, 1.807) is 0 Å². The van der Waals surface area contributed by atoms with E-state index >= 15 is 0 Å². The van der Waals surface area contributed by atoms with Crippen LogP contribution in [0.25, 0.3) is 0 Å². The van der Waals surface area contributed by atoms with Crippen molar-refractivity contribution < 1.29 is 9.53 Å². The lowest BCUT2D eigenvalue weighted by Crippen LogP contribution is -2.37. The molecule has 0 aromatic carbocycles. The molecule has 0 aromatic heterocycles. The molecule has 7 heteroatoms. The first-order valence-electron chi connectivity index (χ1n) is 6.08. The third-order valence-corrected chi connectivity index (χ3v) is 2.97. The summed E-state index contributed by atoms with van der Waals surface area (Å²) in [5.74, 6) is 0.134. The zero-order valence-corrected chi connectivity index (χ0v) is 13.3. The Balaban J connectivity index is 0.00000289. The maximum atomic E-state index is 10.9. The van der Waals surface area contributed by atoms with Gasteiger partial charge in [0.15, 0.2) is 5.96 Å². The van der Waals surface area contributed by atoms with E-state index in [-0.39, 0.29) is 30.1 Å². The van der Waals surface area contributed by atoms with Gasteiger partial charge in [-0.05, 0) is 26.7 Å². The number of ether oxygens (including phenoxy) is 1. The van der Waals surface area contributed by atoms with Gasteiger partial charge in [-0.25, -0.2) is 0 Å². The van der Waals surface area contributed by atoms with Crippen molar-refractivity contribution in [3.05, 3.63) is 0 Å². The second-order valence-electron chi connectivity index (χ2n) is 4.10. The fourth-order valence-electron chi connectivity index (χ4n) is 1.89. The minimum Gasteiger partial charge on any atom is -0.370 e. The number of nitrogens with zero attached hydrogens (tertiary/aromatic N) is 2. The van der Waals surface area contributed by atoms with Gasteiger partial charge in [0, 0.05) is 13.1 Å². The van der Waals surface area contributed by atoms with Crippen LogP contribution in [0.15, 0.2) is 4.99 Å². The molecule has 0 spiro atoms. The lowest BCUT2D eigenvalue weighted by atomic mass is 10.2. The molecule has 0 saturated carbocycles. The zero-order valence-electron chi connectivity index (χ0n) is 11.0. The smallest absolute Gasteiger partial charge is 0.246 e. The highest BCUT2D eigenvalue weighted by molar-refractivity contribution is 14.0. The Bertz CT molecular complexity index is 295. The molecule has 0 aliphatic carbocycles. The van der Waals surface area contributed by atoms with Gasteiger partial charge in [0.1, 0.15) is 6.10 Å². The highest BCUT2D eigenvalue weighted by atomic mass is 127. The van der Waals surface area contributed by atoms with E-state index in [2.05, 4.69) is 4.99 Å². The van der Waals surface area contributed by atoms with Crippen molar-refractivity contribution in [1.29, 1.82) is 0 Å². The zero-order chi connectivity index (χ0) is 12.8. The van der Waals surface area contributed by atoms with Crippen molar-refractivity contribution in [2.24, 2.45) is 16.5 Å². The van der Waals surface area contributed by atoms with Crippen LogP contribution in [0.5, 0.6) is 0 Å².